The molecule has 0 aromatic heterocycles. The molecular formula is C6H9IN2O. The molecule has 0 unspecified atom stereocenters. The summed E-state index contributed by atoms with van der Waals surface area (Å²) in [5.41, 5.74) is 0.848. The van der Waals surface area contributed by atoms with Gasteiger partial charge in [-0.25, -0.2) is 0 Å². The van der Waals surface area contributed by atoms with Crippen molar-refractivity contribution in [3.05, 3.63) is 11.8 Å². The molecular weight excluding hydrogens is 243 g/mol. The van der Waals surface area contributed by atoms with Gasteiger partial charge in [-0.3, -0.25) is 4.79 Å². The number of carbonyl (C=O) groups excluding carboxylic acids is 1. The van der Waals surface area contributed by atoms with Gasteiger partial charge in [-0.1, -0.05) is 6.92 Å². The SMILES string of the molecule is CCC1=CN(I)CNC1=O. The Morgan fingerprint density at radius 1 is 1.90 bits per heavy atom. The number of carbonyl (C=O) groups is 1. The molecule has 1 aliphatic rings. The van der Waals surface area contributed by atoms with Gasteiger partial charge in [0.15, 0.2) is 0 Å². The van der Waals surface area contributed by atoms with Crippen LogP contribution < -0.4 is 5.32 Å². The summed E-state index contributed by atoms with van der Waals surface area (Å²) in [4.78, 5) is 11.0. The lowest BCUT2D eigenvalue weighted by Gasteiger charge is -2.20. The van der Waals surface area contributed by atoms with Crippen LogP contribution in [-0.4, -0.2) is 15.7 Å². The summed E-state index contributed by atoms with van der Waals surface area (Å²) in [6, 6.07) is 0. The zero-order valence-electron chi connectivity index (χ0n) is 5.72. The fourth-order valence-electron chi connectivity index (χ4n) is 0.786. The molecule has 0 radical (unpaired) electrons. The van der Waals surface area contributed by atoms with E-state index in [1.807, 2.05) is 16.2 Å². The number of amides is 1. The Balaban J connectivity index is 2.72. The molecule has 0 bridgehead atoms. The molecule has 1 N–H and O–H groups in total. The Kier molecular flexibility index (Phi) is 2.53. The largest absolute Gasteiger partial charge is 0.334 e. The highest BCUT2D eigenvalue weighted by atomic mass is 127. The summed E-state index contributed by atoms with van der Waals surface area (Å²) < 4.78 is 1.93. The lowest BCUT2D eigenvalue weighted by atomic mass is 10.2. The first-order valence-electron chi connectivity index (χ1n) is 3.15. The van der Waals surface area contributed by atoms with E-state index in [9.17, 15) is 4.79 Å². The summed E-state index contributed by atoms with van der Waals surface area (Å²) >= 11 is 2.15. The van der Waals surface area contributed by atoms with Gasteiger partial charge in [0, 0.05) is 11.8 Å². The maximum Gasteiger partial charge on any atom is 0.250 e. The van der Waals surface area contributed by atoms with Crippen molar-refractivity contribution in [2.75, 3.05) is 6.67 Å². The van der Waals surface area contributed by atoms with Crippen molar-refractivity contribution in [1.29, 1.82) is 0 Å². The van der Waals surface area contributed by atoms with Crippen LogP contribution in [-0.2, 0) is 4.79 Å². The summed E-state index contributed by atoms with van der Waals surface area (Å²) in [6.07, 6.45) is 2.67. The van der Waals surface area contributed by atoms with E-state index in [1.54, 1.807) is 0 Å². The number of nitrogens with zero attached hydrogens (tertiary/aromatic N) is 1. The highest BCUT2D eigenvalue weighted by Crippen LogP contribution is 2.10. The molecule has 0 aliphatic carbocycles. The van der Waals surface area contributed by atoms with Crippen molar-refractivity contribution >= 4 is 28.8 Å². The van der Waals surface area contributed by atoms with Crippen LogP contribution in [0.5, 0.6) is 0 Å². The fourth-order valence-corrected chi connectivity index (χ4v) is 1.29. The Morgan fingerprint density at radius 2 is 2.60 bits per heavy atom. The topological polar surface area (TPSA) is 32.3 Å². The maximum atomic E-state index is 11.0. The normalized spacial score (nSPS) is 18.4. The van der Waals surface area contributed by atoms with Crippen LogP contribution in [0.1, 0.15) is 13.3 Å². The average Bonchev–Trinajstić information content (AvgIpc) is 1.94. The number of nitrogens with one attached hydrogen (secondary N) is 1. The molecule has 1 amide bonds. The van der Waals surface area contributed by atoms with Gasteiger partial charge in [-0.15, -0.1) is 0 Å². The van der Waals surface area contributed by atoms with Gasteiger partial charge in [0.25, 0.3) is 0 Å². The van der Waals surface area contributed by atoms with Crippen molar-refractivity contribution in [3.8, 4) is 0 Å². The predicted molar refractivity (Wildman–Crippen MR) is 47.2 cm³/mol. The van der Waals surface area contributed by atoms with Crippen molar-refractivity contribution in [2.24, 2.45) is 0 Å². The minimum Gasteiger partial charge on any atom is -0.334 e. The molecule has 56 valence electrons. The molecule has 4 heteroatoms. The molecule has 10 heavy (non-hydrogen) atoms. The van der Waals surface area contributed by atoms with Gasteiger partial charge in [-0.05, 0) is 6.42 Å². The van der Waals surface area contributed by atoms with Crippen molar-refractivity contribution < 1.29 is 4.79 Å². The number of hydrogen-bond acceptors (Lipinski definition) is 2. The van der Waals surface area contributed by atoms with Crippen LogP contribution in [0.3, 0.4) is 0 Å². The molecule has 0 aromatic rings. The quantitative estimate of drug-likeness (QED) is 0.558. The van der Waals surface area contributed by atoms with E-state index in [0.29, 0.717) is 6.67 Å². The third-order valence-electron chi connectivity index (χ3n) is 1.36. The fraction of sp³-hybridized carbons (Fsp3) is 0.500. The van der Waals surface area contributed by atoms with E-state index in [1.165, 1.54) is 0 Å². The van der Waals surface area contributed by atoms with E-state index in [-0.39, 0.29) is 5.91 Å². The second-order valence-corrected chi connectivity index (χ2v) is 3.31. The van der Waals surface area contributed by atoms with Crippen molar-refractivity contribution in [1.82, 2.24) is 8.43 Å². The third-order valence-corrected chi connectivity index (χ3v) is 1.98. The van der Waals surface area contributed by atoms with Crippen LogP contribution >= 0.6 is 22.9 Å². The first-order chi connectivity index (χ1) is 4.74. The molecule has 0 spiro atoms. The lowest BCUT2D eigenvalue weighted by molar-refractivity contribution is -0.118. The van der Waals surface area contributed by atoms with Crippen LogP contribution in [0.4, 0.5) is 0 Å². The summed E-state index contributed by atoms with van der Waals surface area (Å²) in [5.74, 6) is 0.0652. The van der Waals surface area contributed by atoms with Crippen LogP contribution in [0.15, 0.2) is 11.8 Å². The third kappa shape index (κ3) is 1.62. The van der Waals surface area contributed by atoms with E-state index in [4.69, 9.17) is 0 Å². The first kappa shape index (κ1) is 7.84. The molecule has 0 aromatic carbocycles. The zero-order chi connectivity index (χ0) is 7.56. The summed E-state index contributed by atoms with van der Waals surface area (Å²) in [7, 11) is 0. The van der Waals surface area contributed by atoms with Gasteiger partial charge in [0.1, 0.15) is 0 Å². The standard InChI is InChI=1S/C6H9IN2O/c1-2-5-3-9(7)4-8-6(5)10/h3H,2,4H2,1H3,(H,8,10). The highest BCUT2D eigenvalue weighted by Gasteiger charge is 2.13. The van der Waals surface area contributed by atoms with E-state index >= 15 is 0 Å². The molecule has 0 fully saturated rings. The molecule has 1 rings (SSSR count). The summed E-state index contributed by atoms with van der Waals surface area (Å²) in [5, 5.41) is 2.74. The van der Waals surface area contributed by atoms with Crippen LogP contribution in [0.25, 0.3) is 0 Å². The lowest BCUT2D eigenvalue weighted by Crippen LogP contribution is -2.36. The molecule has 0 saturated heterocycles. The Morgan fingerprint density at radius 3 is 3.10 bits per heavy atom. The molecule has 0 saturated carbocycles. The highest BCUT2D eigenvalue weighted by molar-refractivity contribution is 14.1. The molecule has 3 nitrogen and oxygen atoms in total. The van der Waals surface area contributed by atoms with Crippen molar-refractivity contribution in [2.45, 2.75) is 13.3 Å². The van der Waals surface area contributed by atoms with Gasteiger partial charge in [0.2, 0.25) is 5.91 Å². The smallest absolute Gasteiger partial charge is 0.250 e. The van der Waals surface area contributed by atoms with E-state index in [0.717, 1.165) is 12.0 Å². The maximum absolute atomic E-state index is 11.0. The van der Waals surface area contributed by atoms with Gasteiger partial charge in [-0.2, -0.15) is 0 Å². The minimum atomic E-state index is 0.0652. The monoisotopic (exact) mass is 252 g/mol. The van der Waals surface area contributed by atoms with Crippen LogP contribution in [0.2, 0.25) is 0 Å². The van der Waals surface area contributed by atoms with E-state index in [2.05, 4.69) is 28.2 Å². The Bertz CT molecular complexity index is 179. The zero-order valence-corrected chi connectivity index (χ0v) is 7.88. The second-order valence-electron chi connectivity index (χ2n) is 2.07. The number of hydrogen-bond donors (Lipinski definition) is 1. The van der Waals surface area contributed by atoms with Gasteiger partial charge < -0.3 is 8.43 Å². The summed E-state index contributed by atoms with van der Waals surface area (Å²) in [6.45, 7) is 2.59. The van der Waals surface area contributed by atoms with Gasteiger partial charge >= 0.3 is 0 Å². The average molecular weight is 252 g/mol. The predicted octanol–water partition coefficient (Wildman–Crippen LogP) is 1.02. The Labute approximate surface area is 74.0 Å². The number of halogens is 1. The van der Waals surface area contributed by atoms with Crippen LogP contribution in [0, 0.1) is 0 Å². The first-order valence-corrected chi connectivity index (χ1v) is 4.12. The van der Waals surface area contributed by atoms with Gasteiger partial charge in [0.05, 0.1) is 29.5 Å². The van der Waals surface area contributed by atoms with E-state index < -0.39 is 0 Å². The molecule has 1 heterocycles. The molecule has 1 aliphatic heterocycles. The van der Waals surface area contributed by atoms with Crippen molar-refractivity contribution in [3.63, 3.8) is 0 Å². The molecule has 0 atom stereocenters. The Hall–Kier alpha value is -0.260. The minimum absolute atomic E-state index is 0.0652. The number of rotatable bonds is 1. The second kappa shape index (κ2) is 3.23.